The molecule has 0 fully saturated rings. The van der Waals surface area contributed by atoms with Crippen molar-refractivity contribution >= 4 is 130 Å². The van der Waals surface area contributed by atoms with Gasteiger partial charge in [0.05, 0.1) is 75.8 Å². The van der Waals surface area contributed by atoms with Gasteiger partial charge in [-0.05, 0) is 147 Å². The van der Waals surface area contributed by atoms with E-state index in [9.17, 15) is 42.3 Å². The van der Waals surface area contributed by atoms with E-state index in [1.165, 1.54) is 24.2 Å². The molecule has 1 amide bonds. The molecule has 0 radical (unpaired) electrons. The minimum Gasteiger partial charge on any atom is -0.392 e. The molecule has 0 aliphatic carbocycles. The number of rotatable bonds is 23. The zero-order chi connectivity index (χ0) is 88.3. The summed E-state index contributed by atoms with van der Waals surface area (Å²) in [6.07, 6.45) is 17.2. The van der Waals surface area contributed by atoms with Crippen molar-refractivity contribution in [3.05, 3.63) is 252 Å². The minimum atomic E-state index is -3.29. The number of sulfone groups is 1. The number of nitriles is 1. The maximum absolute atomic E-state index is 12.5. The van der Waals surface area contributed by atoms with E-state index in [2.05, 4.69) is 83.6 Å². The first kappa shape index (κ1) is 91.3. The van der Waals surface area contributed by atoms with E-state index in [1.54, 1.807) is 91.3 Å². The van der Waals surface area contributed by atoms with E-state index >= 15 is 0 Å². The molecule has 0 unspecified atom stereocenters. The van der Waals surface area contributed by atoms with Crippen LogP contribution in [-0.4, -0.2) is 98.4 Å². The summed E-state index contributed by atoms with van der Waals surface area (Å²) in [6, 6.07) is 38.7. The first-order valence-corrected chi connectivity index (χ1v) is 44.2. The summed E-state index contributed by atoms with van der Waals surface area (Å²) in [4.78, 5) is 109. The quantitative estimate of drug-likeness (QED) is 0.0313. The van der Waals surface area contributed by atoms with Crippen LogP contribution < -0.4 is 34.2 Å². The second-order valence-electron chi connectivity index (χ2n) is 29.4. The van der Waals surface area contributed by atoms with Crippen LogP contribution in [-0.2, 0) is 16.4 Å². The maximum Gasteiger partial charge on any atom is 0.327 e. The fourth-order valence-electron chi connectivity index (χ4n) is 15.7. The summed E-state index contributed by atoms with van der Waals surface area (Å²) in [5, 5.41) is 20.9. The highest BCUT2D eigenvalue weighted by Gasteiger charge is 2.28. The van der Waals surface area contributed by atoms with Crippen molar-refractivity contribution in [1.82, 2.24) is 72.7 Å². The van der Waals surface area contributed by atoms with Crippen LogP contribution >= 0.6 is 58.0 Å². The smallest absolute Gasteiger partial charge is 0.327 e. The number of nitrogens with zero attached hydrogens (tertiary/aromatic N) is 11. The molecule has 122 heavy (non-hydrogen) atoms. The van der Waals surface area contributed by atoms with Gasteiger partial charge < -0.3 is 10.8 Å². The number of halogens is 5. The zero-order valence-electron chi connectivity index (χ0n) is 69.6. The molecule has 15 rings (SSSR count). The van der Waals surface area contributed by atoms with Gasteiger partial charge in [0.15, 0.2) is 38.1 Å². The molecule has 0 bridgehead atoms. The van der Waals surface area contributed by atoms with Gasteiger partial charge in [-0.1, -0.05) is 212 Å². The molecule has 32 heteroatoms. The van der Waals surface area contributed by atoms with Crippen molar-refractivity contribution < 1.29 is 18.3 Å². The number of nitrogens with two attached hydrogens (primary N) is 1. The van der Waals surface area contributed by atoms with E-state index in [1.807, 2.05) is 114 Å². The van der Waals surface area contributed by atoms with Gasteiger partial charge in [0.1, 0.15) is 0 Å². The Kier molecular flexibility index (Phi) is 29.9. The number of aliphatic hydroxyl groups is 1. The van der Waals surface area contributed by atoms with Gasteiger partial charge in [-0.2, -0.15) is 5.26 Å². The van der Waals surface area contributed by atoms with Crippen LogP contribution in [0.25, 0.3) is 111 Å². The molecule has 0 saturated heterocycles. The fraction of sp³-hybridized carbons (Fsp3) is 0.311. The number of fused-ring (bicyclic) bond motifs is 5. The molecule has 8 N–H and O–H groups in total. The lowest BCUT2D eigenvalue weighted by molar-refractivity contribution is 0.1000. The number of aliphatic hydroxyl groups excluding tert-OH is 1. The summed E-state index contributed by atoms with van der Waals surface area (Å²) in [5.74, 6) is -0.492. The molecular formula is C90H96Cl5N17O9S. The number of benzene rings is 5. The number of carbonyl (C=O) groups is 1. The molecule has 5 aromatic carbocycles. The van der Waals surface area contributed by atoms with Crippen molar-refractivity contribution in [2.75, 3.05) is 6.26 Å². The van der Waals surface area contributed by atoms with Crippen molar-refractivity contribution in [2.45, 2.75) is 182 Å². The Morgan fingerprint density at radius 1 is 0.410 bits per heavy atom. The monoisotopic (exact) mass is 1770 g/mol. The van der Waals surface area contributed by atoms with E-state index in [0.29, 0.717) is 92.2 Å². The number of aromatic amines is 5. The second kappa shape index (κ2) is 40.0. The number of hydrogen-bond donors (Lipinski definition) is 7. The summed E-state index contributed by atoms with van der Waals surface area (Å²) < 4.78 is 32.1. The molecule has 0 saturated carbocycles. The Hall–Kier alpha value is -11.5. The van der Waals surface area contributed by atoms with Crippen LogP contribution in [0.1, 0.15) is 191 Å². The molecule has 0 aliphatic rings. The first-order chi connectivity index (χ1) is 58.5. The number of imidazole rings is 5. The summed E-state index contributed by atoms with van der Waals surface area (Å²) in [6.45, 7) is 22.5. The normalized spacial score (nSPS) is 11.6. The predicted octanol–water partition coefficient (Wildman–Crippen LogP) is 20.2. The Bertz CT molecular complexity index is 6790. The third kappa shape index (κ3) is 18.9. The lowest BCUT2D eigenvalue weighted by Gasteiger charge is -2.17. The number of hydrogen-bond acceptors (Lipinski definition) is 15. The molecule has 10 aromatic heterocycles. The highest BCUT2D eigenvalue weighted by molar-refractivity contribution is 7.90. The van der Waals surface area contributed by atoms with Gasteiger partial charge in [-0.25, -0.2) is 57.3 Å². The van der Waals surface area contributed by atoms with Crippen LogP contribution in [0.2, 0.25) is 25.1 Å². The molecule has 26 nitrogen and oxygen atoms in total. The number of pyridine rings is 5. The Morgan fingerprint density at radius 2 is 0.672 bits per heavy atom. The zero-order valence-corrected chi connectivity index (χ0v) is 74.2. The van der Waals surface area contributed by atoms with Gasteiger partial charge in [0.2, 0.25) is 5.91 Å². The Balaban J connectivity index is 0.000000149. The van der Waals surface area contributed by atoms with E-state index in [-0.39, 0.29) is 70.2 Å². The number of aryl methyl sites for hydroxylation is 1. The Morgan fingerprint density at radius 3 is 0.934 bits per heavy atom. The van der Waals surface area contributed by atoms with Crippen LogP contribution in [0.15, 0.2) is 181 Å². The van der Waals surface area contributed by atoms with Crippen molar-refractivity contribution in [1.29, 1.82) is 5.26 Å². The first-order valence-electron chi connectivity index (χ1n) is 40.4. The van der Waals surface area contributed by atoms with Crippen LogP contribution in [0, 0.1) is 18.3 Å². The topological polar surface area (TPSA) is 375 Å². The number of amides is 1. The summed E-state index contributed by atoms with van der Waals surface area (Å²) in [5.41, 5.74) is 21.3. The molecule has 636 valence electrons. The number of aromatic nitrogens is 15. The van der Waals surface area contributed by atoms with E-state index in [4.69, 9.17) is 69.0 Å². The molecular weight excluding hydrogens is 1670 g/mol. The van der Waals surface area contributed by atoms with Crippen molar-refractivity contribution in [3.63, 3.8) is 0 Å². The van der Waals surface area contributed by atoms with Crippen LogP contribution in [0.5, 0.6) is 0 Å². The molecule has 0 aliphatic heterocycles. The second-order valence-corrected chi connectivity index (χ2v) is 33.5. The van der Waals surface area contributed by atoms with Crippen molar-refractivity contribution in [3.8, 4) is 61.7 Å². The lowest BCUT2D eigenvalue weighted by atomic mass is 10.0. The highest BCUT2D eigenvalue weighted by atomic mass is 35.5. The Labute approximate surface area is 728 Å². The van der Waals surface area contributed by atoms with Gasteiger partial charge >= 0.3 is 28.4 Å². The number of nitrogens with one attached hydrogen (secondary N) is 5. The molecule has 0 atom stereocenters. The van der Waals surface area contributed by atoms with Crippen molar-refractivity contribution in [2.24, 2.45) is 5.73 Å². The van der Waals surface area contributed by atoms with Crippen LogP contribution in [0.4, 0.5) is 0 Å². The molecule has 15 aromatic rings. The lowest BCUT2D eigenvalue weighted by Crippen LogP contribution is -2.21. The summed E-state index contributed by atoms with van der Waals surface area (Å²) in [7, 11) is -3.29. The van der Waals surface area contributed by atoms with Gasteiger partial charge in [-0.3, -0.25) is 52.5 Å². The number of carbonyl (C=O) groups excluding carboxylic acids is 1. The molecule has 10 heterocycles. The largest absolute Gasteiger partial charge is 0.392 e. The predicted molar refractivity (Wildman–Crippen MR) is 489 cm³/mol. The van der Waals surface area contributed by atoms with E-state index < -0.39 is 15.7 Å². The third-order valence-electron chi connectivity index (χ3n) is 22.0. The standard InChI is InChI=1S/C18H19ClN4O2.C18H17ClN4O.C18H20ClN3O3S.C18H20ClN3O2.C18H20ClN3O/c1-3-12(4-2)23-15-14(10-5-7-11(8-6-10)16(20)24)13(19)9-21-17(15)22-18(23)25;1-3-13(4-2)23-16-15(12-7-5-6-11(8-12)9-20)14(19)10-21-17(16)22-18(23)24;1-4-12(5-2)22-16-15(14(19)10-20-17(16)21-18(22)23)11-6-8-13(9-7-11)26(3,24)25;1-3-13(4-2)22-16-15(12-7-5-6-11(8-12)10-23)14(19)9-20-17(16)21-18(22)24;1-4-13(5-2)22-16-15(12-8-6-11(3)7-9-12)14(19)10-20-17(16)21-18(22)23/h5-9,12H,3-4H2,1-2H3,(H2,20,24)(H,21,22,25);5-8,10,13H,3-4H2,1-2H3,(H,21,22,24);6-10,12H,4-5H2,1-3H3,(H,20,21,23);5-9,13,23H,3-4,10H2,1-2H3,(H,20,21,24);6-10,13H,4-5H2,1-3H3,(H,20,21,23). The highest BCUT2D eigenvalue weighted by Crippen LogP contribution is 2.42. The van der Waals surface area contributed by atoms with Gasteiger partial charge in [-0.15, -0.1) is 0 Å². The average Bonchev–Trinajstić information content (AvgIpc) is 1.62. The minimum absolute atomic E-state index is 0.0190. The third-order valence-corrected chi connectivity index (χ3v) is 24.6. The molecule has 0 spiro atoms. The van der Waals surface area contributed by atoms with E-state index in [0.717, 1.165) is 132 Å². The SMILES string of the molecule is CCC(CC)n1c(=O)[nH]c2ncc(Cl)c(-c3ccc(C(N)=O)cc3)c21.CCC(CC)n1c(=O)[nH]c2ncc(Cl)c(-c3ccc(C)cc3)c21.CCC(CC)n1c(=O)[nH]c2ncc(Cl)c(-c3ccc(S(C)(=O)=O)cc3)c21.CCC(CC)n1c(=O)[nH]c2ncc(Cl)c(-c3cccc(C#N)c3)c21.CCC(CC)n1c(=O)[nH]c2ncc(Cl)c(-c3cccc(CO)c3)c21. The fourth-order valence-corrected chi connectivity index (χ4v) is 17.5. The number of primary amides is 1. The average molecular weight is 1770 g/mol. The summed E-state index contributed by atoms with van der Waals surface area (Å²) >= 11 is 32.2. The van der Waals surface area contributed by atoms with Gasteiger partial charge in [0.25, 0.3) is 0 Å². The maximum atomic E-state index is 12.5. The number of H-pyrrole nitrogens is 5. The van der Waals surface area contributed by atoms with Crippen LogP contribution in [0.3, 0.4) is 0 Å². The van der Waals surface area contributed by atoms with Gasteiger partial charge in [0, 0.05) is 101 Å².